The predicted octanol–water partition coefficient (Wildman–Crippen LogP) is 1.07. The van der Waals surface area contributed by atoms with E-state index in [1.165, 1.54) is 0 Å². The van der Waals surface area contributed by atoms with Crippen molar-refractivity contribution >= 4 is 8.80 Å². The number of allylic oxidation sites excluding steroid dienone is 2. The van der Waals surface area contributed by atoms with Gasteiger partial charge in [0.15, 0.2) is 0 Å². The van der Waals surface area contributed by atoms with Crippen molar-refractivity contribution in [2.45, 2.75) is 5.54 Å². The van der Waals surface area contributed by atoms with Crippen molar-refractivity contribution in [1.82, 2.24) is 0 Å². The van der Waals surface area contributed by atoms with Gasteiger partial charge in [0.25, 0.3) is 0 Å². The van der Waals surface area contributed by atoms with Crippen LogP contribution >= 0.6 is 0 Å². The van der Waals surface area contributed by atoms with Crippen LogP contribution in [0.1, 0.15) is 0 Å². The van der Waals surface area contributed by atoms with Crippen LogP contribution in [0.25, 0.3) is 0 Å². The van der Waals surface area contributed by atoms with Crippen LogP contribution in [0.5, 0.6) is 0 Å². The molecule has 0 aromatic heterocycles. The second kappa shape index (κ2) is 0.683. The van der Waals surface area contributed by atoms with Gasteiger partial charge < -0.3 is 0 Å². The summed E-state index contributed by atoms with van der Waals surface area (Å²) in [6.07, 6.45) is 4.57. The summed E-state index contributed by atoms with van der Waals surface area (Å²) < 4.78 is 0. The van der Waals surface area contributed by atoms with Gasteiger partial charge in [0, 0.05) is 0 Å². The number of hydrogen-bond donors (Lipinski definition) is 0. The Labute approximate surface area is 38.8 Å². The summed E-state index contributed by atoms with van der Waals surface area (Å²) in [4.78, 5) is 0. The van der Waals surface area contributed by atoms with Crippen LogP contribution in [0.15, 0.2) is 23.6 Å². The molecule has 0 spiro atoms. The Morgan fingerprint density at radius 1 is 1.17 bits per heavy atom. The molecular formula is C5H5Si. The van der Waals surface area contributed by atoms with Gasteiger partial charge in [-0.15, -0.1) is 0 Å². The molecule has 0 N–H and O–H groups in total. The minimum Gasteiger partial charge on any atom is -0.0990 e. The second-order valence-electron chi connectivity index (χ2n) is 1.74. The highest BCUT2D eigenvalue weighted by Gasteiger charge is 2.27. The van der Waals surface area contributed by atoms with E-state index in [4.69, 9.17) is 0 Å². The average molecular weight is 93.2 g/mol. The first-order valence-electron chi connectivity index (χ1n) is 2.20. The molecule has 1 aliphatic heterocycles. The smallest absolute Gasteiger partial charge is 0.0990 e. The van der Waals surface area contributed by atoms with Crippen LogP contribution in [-0.4, -0.2) is 8.80 Å². The van der Waals surface area contributed by atoms with Crippen LogP contribution in [0.3, 0.4) is 0 Å². The molecule has 0 aromatic rings. The fourth-order valence-corrected chi connectivity index (χ4v) is 1.93. The summed E-state index contributed by atoms with van der Waals surface area (Å²) in [6, 6.07) is 0. The van der Waals surface area contributed by atoms with Crippen molar-refractivity contribution in [2.24, 2.45) is 0 Å². The molecule has 0 nitrogen and oxygen atoms in total. The van der Waals surface area contributed by atoms with E-state index >= 15 is 0 Å². The van der Waals surface area contributed by atoms with Gasteiger partial charge >= 0.3 is 0 Å². The lowest BCUT2D eigenvalue weighted by Gasteiger charge is -1.78. The summed E-state index contributed by atoms with van der Waals surface area (Å²) in [5, 5.41) is 0. The van der Waals surface area contributed by atoms with E-state index in [9.17, 15) is 0 Å². The molecule has 1 heterocycles. The Hall–Kier alpha value is -0.303. The zero-order valence-corrected chi connectivity index (χ0v) is 4.39. The topological polar surface area (TPSA) is 0 Å². The Kier molecular flexibility index (Phi) is 0.319. The molecular weight excluding hydrogens is 88.1 g/mol. The van der Waals surface area contributed by atoms with Crippen LogP contribution in [-0.2, 0) is 0 Å². The van der Waals surface area contributed by atoms with E-state index in [0.717, 1.165) is 5.54 Å². The Morgan fingerprint density at radius 3 is 2.00 bits per heavy atom. The molecule has 1 heteroatoms. The van der Waals surface area contributed by atoms with Gasteiger partial charge in [0.1, 0.15) is 8.80 Å². The Bertz CT molecular complexity index is 95.9. The first-order chi connectivity index (χ1) is 2.97. The molecule has 1 radical (unpaired) electrons. The maximum absolute atomic E-state index is 2.34. The van der Waals surface area contributed by atoms with Crippen LogP contribution in [0.2, 0.25) is 5.54 Å². The molecule has 0 atom stereocenters. The van der Waals surface area contributed by atoms with E-state index in [0.29, 0.717) is 0 Å². The van der Waals surface area contributed by atoms with E-state index in [-0.39, 0.29) is 8.80 Å². The molecule has 2 rings (SSSR count). The highest BCUT2D eigenvalue weighted by molar-refractivity contribution is 6.82. The highest BCUT2D eigenvalue weighted by atomic mass is 28.3. The van der Waals surface area contributed by atoms with Gasteiger partial charge in [-0.25, -0.2) is 0 Å². The van der Waals surface area contributed by atoms with E-state index in [2.05, 4.69) is 23.6 Å². The monoisotopic (exact) mass is 93.0 g/mol. The molecule has 0 aromatic carbocycles. The van der Waals surface area contributed by atoms with E-state index in [1.54, 1.807) is 0 Å². The van der Waals surface area contributed by atoms with Crippen molar-refractivity contribution in [3.05, 3.63) is 23.6 Å². The van der Waals surface area contributed by atoms with Crippen LogP contribution in [0.4, 0.5) is 0 Å². The molecule has 0 saturated carbocycles. The van der Waals surface area contributed by atoms with Crippen LogP contribution < -0.4 is 0 Å². The lowest BCUT2D eigenvalue weighted by atomic mass is 10.9. The fourth-order valence-electron chi connectivity index (χ4n) is 0.548. The SMILES string of the molecule is C1=CC1[Si]1C=C1. The zero-order valence-electron chi connectivity index (χ0n) is 3.39. The van der Waals surface area contributed by atoms with Gasteiger partial charge in [0.2, 0.25) is 0 Å². The summed E-state index contributed by atoms with van der Waals surface area (Å²) in [7, 11) is 0.0484. The van der Waals surface area contributed by atoms with Gasteiger partial charge in [-0.3, -0.25) is 0 Å². The van der Waals surface area contributed by atoms with E-state index < -0.39 is 0 Å². The fraction of sp³-hybridized carbons (Fsp3) is 0.200. The standard InChI is InChI=1S/C5H5Si/c1-2-5(1)6-3-4-6/h1-5H. The number of rotatable bonds is 1. The van der Waals surface area contributed by atoms with Gasteiger partial charge in [0.05, 0.1) is 0 Å². The quantitative estimate of drug-likeness (QED) is 0.336. The summed E-state index contributed by atoms with van der Waals surface area (Å²) >= 11 is 0. The predicted molar refractivity (Wildman–Crippen MR) is 27.8 cm³/mol. The van der Waals surface area contributed by atoms with Gasteiger partial charge in [-0.05, 0) is 5.54 Å². The van der Waals surface area contributed by atoms with Crippen LogP contribution in [0, 0.1) is 0 Å². The lowest BCUT2D eigenvalue weighted by Crippen LogP contribution is -1.86. The third kappa shape index (κ3) is 0.286. The van der Waals surface area contributed by atoms with Crippen molar-refractivity contribution < 1.29 is 0 Å². The highest BCUT2D eigenvalue weighted by Crippen LogP contribution is 2.33. The average Bonchev–Trinajstić information content (AvgIpc) is 2.26. The maximum Gasteiger partial charge on any atom is 0.113 e. The van der Waals surface area contributed by atoms with E-state index in [1.807, 2.05) is 0 Å². The number of hydrogen-bond acceptors (Lipinski definition) is 0. The largest absolute Gasteiger partial charge is 0.113 e. The molecule has 29 valence electrons. The Morgan fingerprint density at radius 2 is 1.83 bits per heavy atom. The van der Waals surface area contributed by atoms with Gasteiger partial charge in [-0.1, -0.05) is 23.6 Å². The minimum absolute atomic E-state index is 0.0484. The summed E-state index contributed by atoms with van der Waals surface area (Å²) in [5.41, 5.74) is 5.64. The minimum atomic E-state index is 0.0484. The van der Waals surface area contributed by atoms with Gasteiger partial charge in [-0.2, -0.15) is 0 Å². The van der Waals surface area contributed by atoms with Crippen molar-refractivity contribution in [3.8, 4) is 0 Å². The first-order valence-corrected chi connectivity index (χ1v) is 3.93. The molecule has 0 bridgehead atoms. The molecule has 2 aliphatic rings. The summed E-state index contributed by atoms with van der Waals surface area (Å²) in [6.45, 7) is 0. The zero-order chi connectivity index (χ0) is 3.98. The maximum atomic E-state index is 2.34. The van der Waals surface area contributed by atoms with Crippen molar-refractivity contribution in [2.75, 3.05) is 0 Å². The molecule has 0 unspecified atom stereocenters. The molecule has 6 heavy (non-hydrogen) atoms. The van der Waals surface area contributed by atoms with Crippen molar-refractivity contribution in [3.63, 3.8) is 0 Å². The molecule has 0 fully saturated rings. The Balaban J connectivity index is 1.97. The summed E-state index contributed by atoms with van der Waals surface area (Å²) in [5.74, 6) is 0. The second-order valence-corrected chi connectivity index (χ2v) is 4.08. The third-order valence-electron chi connectivity index (χ3n) is 1.13. The molecule has 0 saturated heterocycles. The van der Waals surface area contributed by atoms with Crippen molar-refractivity contribution in [1.29, 1.82) is 0 Å². The molecule has 0 amide bonds. The third-order valence-corrected chi connectivity index (χ3v) is 3.00. The first kappa shape index (κ1) is 2.80. The molecule has 1 aliphatic carbocycles. The lowest BCUT2D eigenvalue weighted by molar-refractivity contribution is 1.63. The normalized spacial score (nSPS) is 28.7.